The van der Waals surface area contributed by atoms with Crippen LogP contribution in [0.4, 0.5) is 0 Å². The van der Waals surface area contributed by atoms with E-state index in [0.717, 1.165) is 46.7 Å². The zero-order valence-electron chi connectivity index (χ0n) is 21.2. The molecule has 1 fully saturated rings. The zero-order chi connectivity index (χ0) is 25.6. The standard InChI is InChI=1S/C27H37N3O4S/c1-5-25(27(32)28-23-12-8-9-13-23)30(18-22-11-7-6-10-21(22)3)26(31)19-29(4)35(33,34)24-16-14-20(2)15-17-24/h6-7,10-11,14-17,23,25H,5,8-9,12-13,18-19H2,1-4H3,(H,28,32)/t25-/m0/s1. The van der Waals surface area contributed by atoms with Crippen LogP contribution >= 0.6 is 0 Å². The normalized spacial score (nSPS) is 15.2. The van der Waals surface area contributed by atoms with Gasteiger partial charge in [-0.2, -0.15) is 4.31 Å². The topological polar surface area (TPSA) is 86.8 Å². The first-order valence-corrected chi connectivity index (χ1v) is 13.7. The van der Waals surface area contributed by atoms with Gasteiger partial charge in [-0.3, -0.25) is 9.59 Å². The van der Waals surface area contributed by atoms with Crippen LogP contribution < -0.4 is 5.32 Å². The fourth-order valence-electron chi connectivity index (χ4n) is 4.51. The van der Waals surface area contributed by atoms with E-state index in [9.17, 15) is 18.0 Å². The summed E-state index contributed by atoms with van der Waals surface area (Å²) in [4.78, 5) is 28.5. The molecule has 0 aliphatic heterocycles. The highest BCUT2D eigenvalue weighted by Gasteiger charge is 2.33. The quantitative estimate of drug-likeness (QED) is 0.539. The number of rotatable bonds is 10. The van der Waals surface area contributed by atoms with Crippen molar-refractivity contribution in [2.24, 2.45) is 0 Å². The molecule has 1 aliphatic rings. The van der Waals surface area contributed by atoms with Gasteiger partial charge in [0.05, 0.1) is 11.4 Å². The molecule has 1 aliphatic carbocycles. The maximum absolute atomic E-state index is 13.6. The van der Waals surface area contributed by atoms with E-state index in [4.69, 9.17) is 0 Å². The van der Waals surface area contributed by atoms with E-state index >= 15 is 0 Å². The third kappa shape index (κ3) is 6.70. The average molecular weight is 500 g/mol. The van der Waals surface area contributed by atoms with Crippen LogP contribution in [0, 0.1) is 13.8 Å². The molecule has 190 valence electrons. The van der Waals surface area contributed by atoms with Crippen molar-refractivity contribution in [2.45, 2.75) is 76.4 Å². The van der Waals surface area contributed by atoms with E-state index in [-0.39, 0.29) is 29.9 Å². The summed E-state index contributed by atoms with van der Waals surface area (Å²) in [6, 6.07) is 13.7. The molecule has 0 unspecified atom stereocenters. The Balaban J connectivity index is 1.85. The minimum atomic E-state index is -3.85. The molecule has 3 rings (SSSR count). The Bertz CT molecular complexity index is 1130. The molecule has 0 aromatic heterocycles. The van der Waals surface area contributed by atoms with Crippen LogP contribution in [0.1, 0.15) is 55.7 Å². The second-order valence-electron chi connectivity index (χ2n) is 9.44. The highest BCUT2D eigenvalue weighted by atomic mass is 32.2. The molecule has 0 spiro atoms. The lowest BCUT2D eigenvalue weighted by Gasteiger charge is -2.33. The number of aryl methyl sites for hydroxylation is 2. The van der Waals surface area contributed by atoms with Gasteiger partial charge in [-0.15, -0.1) is 0 Å². The van der Waals surface area contributed by atoms with Gasteiger partial charge in [0, 0.05) is 19.6 Å². The van der Waals surface area contributed by atoms with Gasteiger partial charge in [0.25, 0.3) is 0 Å². The van der Waals surface area contributed by atoms with Crippen LogP contribution in [-0.2, 0) is 26.2 Å². The molecule has 2 aromatic carbocycles. The molecular weight excluding hydrogens is 462 g/mol. The number of hydrogen-bond donors (Lipinski definition) is 1. The molecule has 1 atom stereocenters. The number of carbonyl (C=O) groups is 2. The summed E-state index contributed by atoms with van der Waals surface area (Å²) in [7, 11) is -2.45. The predicted molar refractivity (Wildman–Crippen MR) is 137 cm³/mol. The molecule has 8 heteroatoms. The second-order valence-corrected chi connectivity index (χ2v) is 11.5. The lowest BCUT2D eigenvalue weighted by Crippen LogP contribution is -2.53. The summed E-state index contributed by atoms with van der Waals surface area (Å²) in [5, 5.41) is 3.12. The van der Waals surface area contributed by atoms with Gasteiger partial charge in [0.2, 0.25) is 21.8 Å². The van der Waals surface area contributed by atoms with E-state index in [1.807, 2.05) is 45.0 Å². The summed E-state index contributed by atoms with van der Waals surface area (Å²) in [6.07, 6.45) is 4.52. The van der Waals surface area contributed by atoms with Crippen molar-refractivity contribution in [2.75, 3.05) is 13.6 Å². The molecule has 0 bridgehead atoms. The second kappa shape index (κ2) is 11.8. The van der Waals surface area contributed by atoms with E-state index in [2.05, 4.69) is 5.32 Å². The molecular formula is C27H37N3O4S. The van der Waals surface area contributed by atoms with E-state index in [1.54, 1.807) is 24.3 Å². The monoisotopic (exact) mass is 499 g/mol. The van der Waals surface area contributed by atoms with Gasteiger partial charge in [0.1, 0.15) is 6.04 Å². The lowest BCUT2D eigenvalue weighted by molar-refractivity contribution is -0.141. The molecule has 2 aromatic rings. The van der Waals surface area contributed by atoms with Crippen molar-refractivity contribution in [1.29, 1.82) is 0 Å². The third-order valence-electron chi connectivity index (χ3n) is 6.78. The summed E-state index contributed by atoms with van der Waals surface area (Å²) >= 11 is 0. The Hall–Kier alpha value is -2.71. The number of benzene rings is 2. The van der Waals surface area contributed by atoms with Gasteiger partial charge < -0.3 is 10.2 Å². The van der Waals surface area contributed by atoms with Crippen molar-refractivity contribution < 1.29 is 18.0 Å². The van der Waals surface area contributed by atoms with E-state index < -0.39 is 22.0 Å². The van der Waals surface area contributed by atoms with Crippen LogP contribution in [-0.4, -0.2) is 55.1 Å². The lowest BCUT2D eigenvalue weighted by atomic mass is 10.1. The summed E-state index contributed by atoms with van der Waals surface area (Å²) < 4.78 is 27.2. The van der Waals surface area contributed by atoms with Gasteiger partial charge in [-0.05, 0) is 56.4 Å². The first-order valence-electron chi connectivity index (χ1n) is 12.3. The van der Waals surface area contributed by atoms with Crippen LogP contribution in [0.2, 0.25) is 0 Å². The molecule has 1 N–H and O–H groups in total. The van der Waals surface area contributed by atoms with Gasteiger partial charge in [-0.25, -0.2) is 8.42 Å². The molecule has 0 radical (unpaired) electrons. The molecule has 0 heterocycles. The molecule has 0 saturated heterocycles. The first kappa shape index (κ1) is 26.9. The Morgan fingerprint density at radius 3 is 2.26 bits per heavy atom. The number of sulfonamides is 1. The molecule has 35 heavy (non-hydrogen) atoms. The van der Waals surface area contributed by atoms with E-state index in [1.165, 1.54) is 11.9 Å². The van der Waals surface area contributed by atoms with Crippen molar-refractivity contribution in [3.8, 4) is 0 Å². The Labute approximate surface area is 209 Å². The number of carbonyl (C=O) groups excluding carboxylic acids is 2. The highest BCUT2D eigenvalue weighted by molar-refractivity contribution is 7.89. The maximum atomic E-state index is 13.6. The number of nitrogens with zero attached hydrogens (tertiary/aromatic N) is 2. The van der Waals surface area contributed by atoms with Gasteiger partial charge >= 0.3 is 0 Å². The number of amides is 2. The summed E-state index contributed by atoms with van der Waals surface area (Å²) in [5.74, 6) is -0.578. The summed E-state index contributed by atoms with van der Waals surface area (Å²) in [6.45, 7) is 5.61. The fraction of sp³-hybridized carbons (Fsp3) is 0.481. The van der Waals surface area contributed by atoms with Gasteiger partial charge in [0.15, 0.2) is 0 Å². The van der Waals surface area contributed by atoms with Gasteiger partial charge in [-0.1, -0.05) is 61.7 Å². The number of hydrogen-bond acceptors (Lipinski definition) is 4. The van der Waals surface area contributed by atoms with Crippen molar-refractivity contribution in [3.63, 3.8) is 0 Å². The van der Waals surface area contributed by atoms with E-state index in [0.29, 0.717) is 6.42 Å². The van der Waals surface area contributed by atoms with Crippen LogP contribution in [0.3, 0.4) is 0 Å². The Morgan fingerprint density at radius 1 is 1.03 bits per heavy atom. The van der Waals surface area contributed by atoms with Crippen LogP contribution in [0.15, 0.2) is 53.4 Å². The Morgan fingerprint density at radius 2 is 1.66 bits per heavy atom. The molecule has 2 amide bonds. The summed E-state index contributed by atoms with van der Waals surface area (Å²) in [5.41, 5.74) is 2.89. The Kier molecular flexibility index (Phi) is 9.08. The smallest absolute Gasteiger partial charge is 0.243 e. The third-order valence-corrected chi connectivity index (χ3v) is 8.59. The molecule has 1 saturated carbocycles. The molecule has 7 nitrogen and oxygen atoms in total. The largest absolute Gasteiger partial charge is 0.352 e. The number of likely N-dealkylation sites (N-methyl/N-ethyl adjacent to an activating group) is 1. The zero-order valence-corrected chi connectivity index (χ0v) is 22.0. The minimum Gasteiger partial charge on any atom is -0.352 e. The SMILES string of the molecule is CC[C@@H](C(=O)NC1CCCC1)N(Cc1ccccc1C)C(=O)CN(C)S(=O)(=O)c1ccc(C)cc1. The van der Waals surface area contributed by atoms with Crippen molar-refractivity contribution in [1.82, 2.24) is 14.5 Å². The van der Waals surface area contributed by atoms with Crippen molar-refractivity contribution in [3.05, 3.63) is 65.2 Å². The predicted octanol–water partition coefficient (Wildman–Crippen LogP) is 3.79. The average Bonchev–Trinajstić information content (AvgIpc) is 3.33. The number of nitrogens with one attached hydrogen (secondary N) is 1. The fourth-order valence-corrected chi connectivity index (χ4v) is 5.63. The minimum absolute atomic E-state index is 0.134. The first-order chi connectivity index (χ1) is 16.6. The highest BCUT2D eigenvalue weighted by Crippen LogP contribution is 2.21. The van der Waals surface area contributed by atoms with Crippen molar-refractivity contribution >= 4 is 21.8 Å². The van der Waals surface area contributed by atoms with Crippen LogP contribution in [0.5, 0.6) is 0 Å². The van der Waals surface area contributed by atoms with Crippen LogP contribution in [0.25, 0.3) is 0 Å². The maximum Gasteiger partial charge on any atom is 0.243 e.